The summed E-state index contributed by atoms with van der Waals surface area (Å²) in [5.74, 6) is -1.37. The van der Waals surface area contributed by atoms with Gasteiger partial charge in [0.05, 0.1) is 29.4 Å². The molecule has 0 amide bonds. The maximum atomic E-state index is 13.0. The van der Waals surface area contributed by atoms with Crippen LogP contribution in [0.15, 0.2) is 66.3 Å². The Morgan fingerprint density at radius 2 is 1.68 bits per heavy atom. The molecule has 0 aliphatic heterocycles. The van der Waals surface area contributed by atoms with Crippen LogP contribution in [0.2, 0.25) is 0 Å². The van der Waals surface area contributed by atoms with Gasteiger partial charge < -0.3 is 14.9 Å². The highest BCUT2D eigenvalue weighted by Gasteiger charge is 2.31. The van der Waals surface area contributed by atoms with Crippen LogP contribution in [0.4, 0.5) is 13.2 Å². The smallest absolute Gasteiger partial charge is 0.416 e. The summed E-state index contributed by atoms with van der Waals surface area (Å²) in [4.78, 5) is 24.9. The third-order valence-corrected chi connectivity index (χ3v) is 5.22. The van der Waals surface area contributed by atoms with Gasteiger partial charge >= 0.3 is 12.1 Å². The summed E-state index contributed by atoms with van der Waals surface area (Å²) in [6.45, 7) is 0. The fourth-order valence-electron chi connectivity index (χ4n) is 3.44. The van der Waals surface area contributed by atoms with Crippen molar-refractivity contribution in [1.82, 2.24) is 15.0 Å². The highest BCUT2D eigenvalue weighted by molar-refractivity contribution is 5.91. The maximum absolute atomic E-state index is 13.0. The number of para-hydroxylation sites is 1. The van der Waals surface area contributed by atoms with Gasteiger partial charge in [0.15, 0.2) is 11.6 Å². The zero-order valence-electron chi connectivity index (χ0n) is 17.7. The molecular weight excluding hydrogens is 451 g/mol. The molecule has 174 valence electrons. The van der Waals surface area contributed by atoms with Crippen molar-refractivity contribution in [2.75, 3.05) is 7.11 Å². The summed E-state index contributed by atoms with van der Waals surface area (Å²) in [6.07, 6.45) is 0.655. The molecule has 2 aromatic carbocycles. The molecule has 1 aromatic heterocycles. The lowest BCUT2D eigenvalue weighted by Gasteiger charge is -2.17. The van der Waals surface area contributed by atoms with E-state index in [-0.39, 0.29) is 34.3 Å². The van der Waals surface area contributed by atoms with Crippen molar-refractivity contribution in [3.63, 3.8) is 0 Å². The predicted molar refractivity (Wildman–Crippen MR) is 116 cm³/mol. The highest BCUT2D eigenvalue weighted by atomic mass is 19.4. The number of hydrogen-bond acceptors (Lipinski definition) is 7. The molecule has 0 saturated carbocycles. The van der Waals surface area contributed by atoms with Crippen LogP contribution in [0, 0.1) is 0 Å². The van der Waals surface area contributed by atoms with Gasteiger partial charge in [-0.2, -0.15) is 13.2 Å². The monoisotopic (exact) mass is 469 g/mol. The first-order valence-corrected chi connectivity index (χ1v) is 10.1. The van der Waals surface area contributed by atoms with Crippen molar-refractivity contribution in [3.8, 4) is 34.3 Å². The summed E-state index contributed by atoms with van der Waals surface area (Å²) in [6, 6.07) is 8.81. The van der Waals surface area contributed by atoms with E-state index in [9.17, 15) is 28.2 Å². The fraction of sp³-hybridized carbons (Fsp3) is 0.167. The maximum Gasteiger partial charge on any atom is 0.416 e. The van der Waals surface area contributed by atoms with E-state index in [4.69, 9.17) is 4.74 Å². The Labute approximate surface area is 191 Å². The van der Waals surface area contributed by atoms with Gasteiger partial charge in [-0.25, -0.2) is 19.7 Å². The molecule has 34 heavy (non-hydrogen) atoms. The number of esters is 1. The van der Waals surface area contributed by atoms with Crippen LogP contribution in [0.3, 0.4) is 0 Å². The molecule has 1 unspecified atom stereocenters. The average Bonchev–Trinajstić information content (AvgIpc) is 2.83. The zero-order valence-corrected chi connectivity index (χ0v) is 17.7. The Morgan fingerprint density at radius 1 is 1.00 bits per heavy atom. The molecule has 0 bridgehead atoms. The molecular formula is C24H18F3N3O4. The van der Waals surface area contributed by atoms with Gasteiger partial charge in [-0.3, -0.25) is 0 Å². The van der Waals surface area contributed by atoms with Crippen molar-refractivity contribution in [2.45, 2.75) is 18.5 Å². The fourth-order valence-corrected chi connectivity index (χ4v) is 3.44. The minimum Gasteiger partial charge on any atom is -0.507 e. The predicted octanol–water partition coefficient (Wildman–Crippen LogP) is 4.78. The highest BCUT2D eigenvalue weighted by Crippen LogP contribution is 2.37. The van der Waals surface area contributed by atoms with Gasteiger partial charge in [0.1, 0.15) is 17.3 Å². The van der Waals surface area contributed by atoms with Gasteiger partial charge in [-0.05, 0) is 36.8 Å². The lowest BCUT2D eigenvalue weighted by molar-refractivity contribution is -0.138. The van der Waals surface area contributed by atoms with Crippen LogP contribution in [0.5, 0.6) is 11.5 Å². The summed E-state index contributed by atoms with van der Waals surface area (Å²) < 4.78 is 43.8. The first-order valence-electron chi connectivity index (χ1n) is 10.1. The molecule has 1 heterocycles. The Kier molecular flexibility index (Phi) is 6.06. The number of methoxy groups -OCH3 is 1. The first-order chi connectivity index (χ1) is 16.2. The van der Waals surface area contributed by atoms with Crippen molar-refractivity contribution in [2.24, 2.45) is 0 Å². The van der Waals surface area contributed by atoms with Gasteiger partial charge in [0, 0.05) is 5.92 Å². The Balaban J connectivity index is 1.81. The van der Waals surface area contributed by atoms with E-state index in [2.05, 4.69) is 15.0 Å². The number of phenols is 2. The molecule has 0 fully saturated rings. The standard InChI is InChI=1S/C24H18F3N3O4/c1-34-23(33)14-8-6-13(7-9-14)20-28-21(16-4-2-3-5-18(16)31)30-22(29-20)17-11-10-15(12-19(17)32)24(25,26)27/h2-6,8-13,31-32H,7H2,1H3. The SMILES string of the molecule is COC(=O)C1=CCC(c2nc(-c3ccccc3O)nc(-c3ccc(C(F)(F)F)cc3O)n2)C=C1. The van der Waals surface area contributed by atoms with E-state index in [1.807, 2.05) is 0 Å². The largest absolute Gasteiger partial charge is 0.507 e. The number of rotatable bonds is 4. The van der Waals surface area contributed by atoms with Crippen LogP contribution < -0.4 is 0 Å². The van der Waals surface area contributed by atoms with Gasteiger partial charge in [-0.15, -0.1) is 0 Å². The molecule has 0 spiro atoms. The van der Waals surface area contributed by atoms with E-state index in [0.717, 1.165) is 12.1 Å². The average molecular weight is 469 g/mol. The lowest BCUT2D eigenvalue weighted by Crippen LogP contribution is -2.11. The zero-order chi connectivity index (χ0) is 24.5. The summed E-state index contributed by atoms with van der Waals surface area (Å²) >= 11 is 0. The molecule has 1 atom stereocenters. The number of halogens is 3. The van der Waals surface area contributed by atoms with Crippen molar-refractivity contribution >= 4 is 5.97 Å². The quantitative estimate of drug-likeness (QED) is 0.530. The van der Waals surface area contributed by atoms with Crippen LogP contribution in [-0.4, -0.2) is 38.2 Å². The van der Waals surface area contributed by atoms with Crippen molar-refractivity contribution in [3.05, 3.63) is 77.7 Å². The first kappa shape index (κ1) is 23.0. The van der Waals surface area contributed by atoms with E-state index >= 15 is 0 Å². The summed E-state index contributed by atoms with van der Waals surface area (Å²) in [5.41, 5.74) is -0.391. The Hall–Kier alpha value is -4.21. The number of phenolic OH excluding ortho intramolecular Hbond substituents is 2. The second-order valence-electron chi connectivity index (χ2n) is 7.44. The van der Waals surface area contributed by atoms with Crippen LogP contribution >= 0.6 is 0 Å². The third-order valence-electron chi connectivity index (χ3n) is 5.22. The molecule has 4 rings (SSSR count). The molecule has 0 saturated heterocycles. The van der Waals surface area contributed by atoms with E-state index < -0.39 is 29.4 Å². The van der Waals surface area contributed by atoms with E-state index in [1.54, 1.807) is 36.4 Å². The molecule has 1 aliphatic carbocycles. The van der Waals surface area contributed by atoms with Crippen LogP contribution in [0.25, 0.3) is 22.8 Å². The van der Waals surface area contributed by atoms with Gasteiger partial charge in [0.2, 0.25) is 0 Å². The van der Waals surface area contributed by atoms with E-state index in [1.165, 1.54) is 13.2 Å². The van der Waals surface area contributed by atoms with Crippen LogP contribution in [0.1, 0.15) is 23.7 Å². The summed E-state index contributed by atoms with van der Waals surface area (Å²) in [5, 5.41) is 20.6. The number of aromatic nitrogens is 3. The number of ether oxygens (including phenoxy) is 1. The van der Waals surface area contributed by atoms with E-state index in [0.29, 0.717) is 18.1 Å². The minimum absolute atomic E-state index is 0.0288. The number of benzene rings is 2. The Morgan fingerprint density at radius 3 is 2.24 bits per heavy atom. The molecule has 10 heteroatoms. The molecule has 2 N–H and O–H groups in total. The number of alkyl halides is 3. The second-order valence-corrected chi connectivity index (χ2v) is 7.44. The number of hydrogen-bond donors (Lipinski definition) is 2. The lowest BCUT2D eigenvalue weighted by atomic mass is 9.95. The number of nitrogens with zero attached hydrogens (tertiary/aromatic N) is 3. The van der Waals surface area contributed by atoms with Crippen LogP contribution in [-0.2, 0) is 15.7 Å². The molecule has 3 aromatic rings. The van der Waals surface area contributed by atoms with Gasteiger partial charge in [0.25, 0.3) is 0 Å². The molecule has 0 radical (unpaired) electrons. The van der Waals surface area contributed by atoms with Gasteiger partial charge in [-0.1, -0.05) is 30.4 Å². The minimum atomic E-state index is -4.63. The number of aromatic hydroxyl groups is 2. The Bertz CT molecular complexity index is 1320. The third kappa shape index (κ3) is 4.61. The number of carbonyl (C=O) groups is 1. The second kappa shape index (κ2) is 8.97. The normalized spacial score (nSPS) is 15.6. The summed E-state index contributed by atoms with van der Waals surface area (Å²) in [7, 11) is 1.27. The molecule has 1 aliphatic rings. The van der Waals surface area contributed by atoms with Crippen molar-refractivity contribution < 1.29 is 32.9 Å². The van der Waals surface area contributed by atoms with Crippen molar-refractivity contribution in [1.29, 1.82) is 0 Å². The number of allylic oxidation sites excluding steroid dienone is 2. The topological polar surface area (TPSA) is 105 Å². The number of carbonyl (C=O) groups excluding carboxylic acids is 1. The molecule has 7 nitrogen and oxygen atoms in total.